The van der Waals surface area contributed by atoms with Crippen LogP contribution in [-0.2, 0) is 12.0 Å². The van der Waals surface area contributed by atoms with Gasteiger partial charge in [0, 0.05) is 17.3 Å². The molecule has 0 aliphatic carbocycles. The molecule has 1 unspecified atom stereocenters. The van der Waals surface area contributed by atoms with E-state index in [0.717, 1.165) is 35.0 Å². The second kappa shape index (κ2) is 7.16. The summed E-state index contributed by atoms with van der Waals surface area (Å²) in [5.74, 6) is 1.28. The van der Waals surface area contributed by atoms with Gasteiger partial charge in [0.15, 0.2) is 11.5 Å². The smallest absolute Gasteiger partial charge is 0.239 e. The molecule has 1 atom stereocenters. The number of benzene rings is 1. The van der Waals surface area contributed by atoms with E-state index in [1.165, 1.54) is 11.8 Å². The van der Waals surface area contributed by atoms with Crippen molar-refractivity contribution in [2.75, 3.05) is 0 Å². The maximum absolute atomic E-state index is 5.46. The summed E-state index contributed by atoms with van der Waals surface area (Å²) in [6.45, 7) is 11.3. The maximum Gasteiger partial charge on any atom is 0.239 e. The minimum atomic E-state index is -0.149. The van der Waals surface area contributed by atoms with Gasteiger partial charge in [0.1, 0.15) is 5.52 Å². The Morgan fingerprint density at radius 3 is 2.64 bits per heavy atom. The van der Waals surface area contributed by atoms with Crippen LogP contribution in [0.3, 0.4) is 0 Å². The Bertz CT molecular complexity index is 1130. The van der Waals surface area contributed by atoms with E-state index in [-0.39, 0.29) is 10.7 Å². The Labute approximate surface area is 167 Å². The molecule has 4 aromatic rings. The Morgan fingerprint density at radius 2 is 1.93 bits per heavy atom. The molecule has 0 N–H and O–H groups in total. The Hall–Kier alpha value is -2.48. The summed E-state index contributed by atoms with van der Waals surface area (Å²) in [5.41, 5.74) is 2.70. The predicted molar refractivity (Wildman–Crippen MR) is 110 cm³/mol. The molecule has 0 bridgehead atoms. The summed E-state index contributed by atoms with van der Waals surface area (Å²) in [6.07, 6.45) is 1.02. The van der Waals surface area contributed by atoms with Crippen molar-refractivity contribution in [3.63, 3.8) is 0 Å². The highest BCUT2D eigenvalue weighted by molar-refractivity contribution is 7.99. The lowest BCUT2D eigenvalue weighted by Crippen LogP contribution is -2.13. The molecule has 0 aliphatic heterocycles. The third-order valence-electron chi connectivity index (χ3n) is 4.54. The van der Waals surface area contributed by atoms with E-state index in [2.05, 4.69) is 64.7 Å². The van der Waals surface area contributed by atoms with E-state index >= 15 is 0 Å². The van der Waals surface area contributed by atoms with Gasteiger partial charge in [-0.25, -0.2) is 4.98 Å². The molecule has 0 spiro atoms. The molecule has 3 heterocycles. The monoisotopic (exact) mass is 396 g/mol. The fourth-order valence-electron chi connectivity index (χ4n) is 3.10. The number of fused-ring (bicyclic) bond motifs is 3. The number of thioether (sulfide) groups is 1. The van der Waals surface area contributed by atoms with Crippen LogP contribution in [-0.4, -0.2) is 29.9 Å². The second-order valence-corrected chi connectivity index (χ2v) is 9.21. The molecular formula is C20H24N6OS. The third-order valence-corrected chi connectivity index (χ3v) is 5.48. The highest BCUT2D eigenvalue weighted by atomic mass is 32.2. The van der Waals surface area contributed by atoms with Crippen LogP contribution in [0.1, 0.15) is 58.0 Å². The average molecular weight is 397 g/mol. The quantitative estimate of drug-likeness (QED) is 0.443. The van der Waals surface area contributed by atoms with Crippen molar-refractivity contribution < 1.29 is 4.52 Å². The lowest BCUT2D eigenvalue weighted by Gasteiger charge is -2.11. The van der Waals surface area contributed by atoms with Crippen LogP contribution in [0.5, 0.6) is 0 Å². The van der Waals surface area contributed by atoms with Crippen LogP contribution in [0.25, 0.3) is 22.1 Å². The molecule has 146 valence electrons. The molecule has 0 aliphatic rings. The molecule has 8 heteroatoms. The normalized spacial score (nSPS) is 13.5. The summed E-state index contributed by atoms with van der Waals surface area (Å²) in [7, 11) is 0. The number of hydrogen-bond donors (Lipinski definition) is 0. The van der Waals surface area contributed by atoms with Crippen LogP contribution in [0.4, 0.5) is 0 Å². The maximum atomic E-state index is 5.46. The zero-order valence-electron chi connectivity index (χ0n) is 16.8. The lowest BCUT2D eigenvalue weighted by molar-refractivity contribution is 0.364. The lowest BCUT2D eigenvalue weighted by atomic mass is 9.96. The molecule has 1 aromatic carbocycles. The number of aryl methyl sites for hydroxylation is 1. The summed E-state index contributed by atoms with van der Waals surface area (Å²) >= 11 is 1.48. The van der Waals surface area contributed by atoms with Crippen molar-refractivity contribution in [3.05, 3.63) is 36.0 Å². The fourth-order valence-corrected chi connectivity index (χ4v) is 3.84. The molecule has 4 rings (SSSR count). The van der Waals surface area contributed by atoms with Gasteiger partial charge in [-0.3, -0.25) is 0 Å². The van der Waals surface area contributed by atoms with E-state index in [9.17, 15) is 0 Å². The first-order valence-corrected chi connectivity index (χ1v) is 10.4. The zero-order chi connectivity index (χ0) is 19.9. The Balaban J connectivity index is 1.68. The Morgan fingerprint density at radius 1 is 1.14 bits per heavy atom. The molecule has 0 saturated heterocycles. The van der Waals surface area contributed by atoms with Crippen LogP contribution < -0.4 is 0 Å². The molecule has 3 aromatic heterocycles. The van der Waals surface area contributed by atoms with E-state index in [0.29, 0.717) is 16.9 Å². The van der Waals surface area contributed by atoms with E-state index in [4.69, 9.17) is 9.51 Å². The average Bonchev–Trinajstić information content (AvgIpc) is 3.27. The molecular weight excluding hydrogens is 372 g/mol. The zero-order valence-corrected chi connectivity index (χ0v) is 17.6. The molecule has 0 saturated carbocycles. The standard InChI is InChI=1S/C20H24N6OS/c1-6-11-26-14-10-8-7-9-13(14)15-16(26)21-19(24-23-15)28-12(2)17-22-18(25-27-17)20(3,4)5/h7-10,12H,6,11H2,1-5H3. The summed E-state index contributed by atoms with van der Waals surface area (Å²) in [5, 5.41) is 14.6. The fraction of sp³-hybridized carbons (Fsp3) is 0.450. The molecule has 28 heavy (non-hydrogen) atoms. The van der Waals surface area contributed by atoms with Crippen molar-refractivity contribution in [2.45, 2.75) is 63.4 Å². The van der Waals surface area contributed by atoms with Crippen molar-refractivity contribution >= 4 is 33.8 Å². The first-order chi connectivity index (χ1) is 13.4. The number of hydrogen-bond acceptors (Lipinski definition) is 7. The van der Waals surface area contributed by atoms with Crippen molar-refractivity contribution in [1.29, 1.82) is 0 Å². The molecule has 0 amide bonds. The van der Waals surface area contributed by atoms with Gasteiger partial charge in [-0.1, -0.05) is 62.8 Å². The Kier molecular flexibility index (Phi) is 4.82. The SMILES string of the molecule is CCCn1c2ccccc2c2nnc(SC(C)c3nc(C(C)(C)C)no3)nc21. The highest BCUT2D eigenvalue weighted by Gasteiger charge is 2.24. The number of rotatable bonds is 5. The van der Waals surface area contributed by atoms with Crippen molar-refractivity contribution in [2.24, 2.45) is 0 Å². The molecule has 7 nitrogen and oxygen atoms in total. The van der Waals surface area contributed by atoms with Crippen LogP contribution in [0.15, 0.2) is 33.9 Å². The van der Waals surface area contributed by atoms with E-state index in [1.807, 2.05) is 19.1 Å². The predicted octanol–water partition coefficient (Wildman–Crippen LogP) is 4.92. The molecule has 0 radical (unpaired) electrons. The minimum absolute atomic E-state index is 0.0631. The number of para-hydroxylation sites is 1. The summed E-state index contributed by atoms with van der Waals surface area (Å²) in [6, 6.07) is 8.24. The van der Waals surface area contributed by atoms with Crippen molar-refractivity contribution in [3.8, 4) is 0 Å². The van der Waals surface area contributed by atoms with Crippen LogP contribution in [0.2, 0.25) is 0 Å². The van der Waals surface area contributed by atoms with Crippen molar-refractivity contribution in [1.82, 2.24) is 29.9 Å². The van der Waals surface area contributed by atoms with Gasteiger partial charge in [0.05, 0.1) is 10.8 Å². The van der Waals surface area contributed by atoms with E-state index < -0.39 is 0 Å². The van der Waals surface area contributed by atoms with Gasteiger partial charge in [-0.15, -0.1) is 10.2 Å². The third kappa shape index (κ3) is 3.37. The first-order valence-electron chi connectivity index (χ1n) is 9.51. The van der Waals surface area contributed by atoms with Gasteiger partial charge < -0.3 is 9.09 Å². The van der Waals surface area contributed by atoms with Gasteiger partial charge in [0.25, 0.3) is 0 Å². The highest BCUT2D eigenvalue weighted by Crippen LogP contribution is 2.34. The number of aromatic nitrogens is 6. The van der Waals surface area contributed by atoms with Gasteiger partial charge in [0.2, 0.25) is 11.0 Å². The summed E-state index contributed by atoms with van der Waals surface area (Å²) in [4.78, 5) is 9.36. The van der Waals surface area contributed by atoms with Crippen LogP contribution >= 0.6 is 11.8 Å². The number of nitrogens with zero attached hydrogens (tertiary/aromatic N) is 6. The van der Waals surface area contributed by atoms with Gasteiger partial charge in [-0.05, 0) is 19.4 Å². The largest absolute Gasteiger partial charge is 0.338 e. The summed E-state index contributed by atoms with van der Waals surface area (Å²) < 4.78 is 7.68. The van der Waals surface area contributed by atoms with Gasteiger partial charge in [-0.2, -0.15) is 4.98 Å². The van der Waals surface area contributed by atoms with Crippen LogP contribution in [0, 0.1) is 0 Å². The van der Waals surface area contributed by atoms with Gasteiger partial charge >= 0.3 is 0 Å². The minimum Gasteiger partial charge on any atom is -0.338 e. The molecule has 0 fully saturated rings. The topological polar surface area (TPSA) is 82.5 Å². The second-order valence-electron chi connectivity index (χ2n) is 7.90. The first kappa shape index (κ1) is 18.9. The van der Waals surface area contributed by atoms with E-state index in [1.54, 1.807) is 0 Å².